The highest BCUT2D eigenvalue weighted by Crippen LogP contribution is 2.29. The summed E-state index contributed by atoms with van der Waals surface area (Å²) in [5, 5.41) is 4.43. The van der Waals surface area contributed by atoms with Gasteiger partial charge in [-0.3, -0.25) is 9.59 Å². The molecule has 0 amide bonds. The summed E-state index contributed by atoms with van der Waals surface area (Å²) >= 11 is 1.27. The van der Waals surface area contributed by atoms with Crippen LogP contribution in [0.2, 0.25) is 0 Å². The highest BCUT2D eigenvalue weighted by atomic mass is 32.1. The van der Waals surface area contributed by atoms with Gasteiger partial charge in [0.25, 0.3) is 5.56 Å². The Morgan fingerprint density at radius 1 is 1.12 bits per heavy atom. The number of rotatable bonds is 5. The van der Waals surface area contributed by atoms with Crippen molar-refractivity contribution in [1.82, 2.24) is 14.6 Å². The minimum absolute atomic E-state index is 0.0614. The molecule has 0 atom stereocenters. The van der Waals surface area contributed by atoms with Crippen LogP contribution in [0.25, 0.3) is 22.4 Å². The predicted molar refractivity (Wildman–Crippen MR) is 129 cm³/mol. The van der Waals surface area contributed by atoms with Gasteiger partial charge in [0, 0.05) is 12.5 Å². The first kappa shape index (κ1) is 22.7. The van der Waals surface area contributed by atoms with Gasteiger partial charge in [0.05, 0.1) is 11.1 Å². The van der Waals surface area contributed by atoms with Crippen LogP contribution in [0.15, 0.2) is 47.3 Å². The first-order valence-electron chi connectivity index (χ1n) is 10.6. The Kier molecular flexibility index (Phi) is 6.03. The summed E-state index contributed by atoms with van der Waals surface area (Å²) in [5.41, 5.74) is 2.66. The minimum atomic E-state index is -0.427. The molecule has 0 aliphatic heterocycles. The number of carbonyl (C=O) groups excluding carboxylic acids is 1. The van der Waals surface area contributed by atoms with Gasteiger partial charge < -0.3 is 9.47 Å². The van der Waals surface area contributed by atoms with Gasteiger partial charge in [-0.05, 0) is 41.7 Å². The number of ether oxygens (including phenoxy) is 2. The number of benzene rings is 2. The lowest BCUT2D eigenvalue weighted by Gasteiger charge is -2.18. The summed E-state index contributed by atoms with van der Waals surface area (Å²) in [5.74, 6) is 0.877. The largest absolute Gasteiger partial charge is 0.490 e. The van der Waals surface area contributed by atoms with Crippen LogP contribution in [0.4, 0.5) is 0 Å². The molecule has 7 nitrogen and oxygen atoms in total. The maximum atomic E-state index is 12.9. The van der Waals surface area contributed by atoms with Crippen molar-refractivity contribution in [2.45, 2.75) is 40.0 Å². The van der Waals surface area contributed by atoms with E-state index >= 15 is 0 Å². The number of nitrogens with zero attached hydrogens (tertiary/aromatic N) is 3. The molecule has 0 N–H and O–H groups in total. The van der Waals surface area contributed by atoms with E-state index in [1.165, 1.54) is 28.3 Å². The van der Waals surface area contributed by atoms with Crippen molar-refractivity contribution >= 4 is 28.3 Å². The van der Waals surface area contributed by atoms with E-state index in [4.69, 9.17) is 9.47 Å². The number of carbonyl (C=O) groups is 1. The maximum absolute atomic E-state index is 12.9. The van der Waals surface area contributed by atoms with Crippen LogP contribution in [-0.4, -0.2) is 27.2 Å². The molecule has 0 aliphatic rings. The zero-order chi connectivity index (χ0) is 23.8. The molecule has 2 heterocycles. The summed E-state index contributed by atoms with van der Waals surface area (Å²) in [4.78, 5) is 29.3. The zero-order valence-corrected chi connectivity index (χ0v) is 20.0. The molecule has 0 saturated heterocycles. The SMILES string of the molecule is CCOc1cc(C=c2sc3nc(-c4ccc(C(C)(C)C)cc4)nn3c2=O)ccc1OC(C)=O. The van der Waals surface area contributed by atoms with Gasteiger partial charge in [-0.15, -0.1) is 5.10 Å². The maximum Gasteiger partial charge on any atom is 0.308 e. The van der Waals surface area contributed by atoms with Crippen LogP contribution in [0, 0.1) is 0 Å². The molecule has 2 aromatic heterocycles. The standard InChI is InChI=1S/C25H25N3O4S/c1-6-31-20-13-16(7-12-19(20)32-15(2)29)14-21-23(30)28-24(33-21)26-22(27-28)17-8-10-18(11-9-17)25(3,4)5/h7-14H,6H2,1-5H3. The van der Waals surface area contributed by atoms with Gasteiger partial charge in [0.1, 0.15) is 0 Å². The predicted octanol–water partition coefficient (Wildman–Crippen LogP) is 3.99. The second kappa shape index (κ2) is 8.78. The summed E-state index contributed by atoms with van der Waals surface area (Å²) < 4.78 is 12.6. The molecule has 4 aromatic rings. The molecule has 0 bridgehead atoms. The second-order valence-electron chi connectivity index (χ2n) is 8.61. The molecule has 33 heavy (non-hydrogen) atoms. The van der Waals surface area contributed by atoms with Gasteiger partial charge in [-0.1, -0.05) is 62.4 Å². The lowest BCUT2D eigenvalue weighted by molar-refractivity contribution is -0.132. The smallest absolute Gasteiger partial charge is 0.308 e. The summed E-state index contributed by atoms with van der Waals surface area (Å²) in [7, 11) is 0. The first-order chi connectivity index (χ1) is 15.7. The van der Waals surface area contributed by atoms with E-state index in [2.05, 4.69) is 43.0 Å². The Balaban J connectivity index is 1.68. The van der Waals surface area contributed by atoms with E-state index in [0.717, 1.165) is 11.1 Å². The fourth-order valence-electron chi connectivity index (χ4n) is 3.35. The Morgan fingerprint density at radius 3 is 2.45 bits per heavy atom. The number of esters is 1. The molecule has 4 rings (SSSR count). The zero-order valence-electron chi connectivity index (χ0n) is 19.2. The van der Waals surface area contributed by atoms with Crippen molar-refractivity contribution in [3.63, 3.8) is 0 Å². The molecule has 0 spiro atoms. The lowest BCUT2D eigenvalue weighted by atomic mass is 9.87. The number of fused-ring (bicyclic) bond motifs is 1. The molecule has 170 valence electrons. The third-order valence-electron chi connectivity index (χ3n) is 5.01. The Hall–Kier alpha value is -3.52. The number of hydrogen-bond donors (Lipinski definition) is 0. The van der Waals surface area contributed by atoms with Crippen LogP contribution in [0.1, 0.15) is 45.7 Å². The quantitative estimate of drug-likeness (QED) is 0.329. The monoisotopic (exact) mass is 463 g/mol. The van der Waals surface area contributed by atoms with Crippen LogP contribution in [-0.2, 0) is 10.2 Å². The molecule has 0 unspecified atom stereocenters. The van der Waals surface area contributed by atoms with Crippen molar-refractivity contribution in [2.24, 2.45) is 0 Å². The molecule has 0 fully saturated rings. The molecule has 2 aromatic carbocycles. The number of thiazole rings is 1. The lowest BCUT2D eigenvalue weighted by Crippen LogP contribution is -2.23. The molecular weight excluding hydrogens is 438 g/mol. The van der Waals surface area contributed by atoms with Gasteiger partial charge in [0.2, 0.25) is 4.96 Å². The highest BCUT2D eigenvalue weighted by Gasteiger charge is 2.16. The Labute approximate surface area is 195 Å². The molecule has 0 saturated carbocycles. The average molecular weight is 464 g/mol. The van der Waals surface area contributed by atoms with Crippen molar-refractivity contribution < 1.29 is 14.3 Å². The van der Waals surface area contributed by atoms with Crippen LogP contribution in [0.5, 0.6) is 11.5 Å². The second-order valence-corrected chi connectivity index (χ2v) is 9.61. The first-order valence-corrected chi connectivity index (χ1v) is 11.4. The average Bonchev–Trinajstić information content (AvgIpc) is 3.29. The molecular formula is C25H25N3O4S. The minimum Gasteiger partial charge on any atom is -0.490 e. The number of aromatic nitrogens is 3. The third-order valence-corrected chi connectivity index (χ3v) is 5.97. The Bertz CT molecular complexity index is 1430. The fourth-order valence-corrected chi connectivity index (χ4v) is 4.26. The third kappa shape index (κ3) is 4.80. The summed E-state index contributed by atoms with van der Waals surface area (Å²) in [6, 6.07) is 13.3. The topological polar surface area (TPSA) is 82.8 Å². The van der Waals surface area contributed by atoms with Gasteiger partial charge in [-0.25, -0.2) is 0 Å². The van der Waals surface area contributed by atoms with Crippen molar-refractivity contribution in [3.05, 3.63) is 68.5 Å². The summed E-state index contributed by atoms with van der Waals surface area (Å²) in [6.07, 6.45) is 1.75. The van der Waals surface area contributed by atoms with Crippen LogP contribution >= 0.6 is 11.3 Å². The molecule has 8 heteroatoms. The number of hydrogen-bond acceptors (Lipinski definition) is 7. The van der Waals surface area contributed by atoms with Gasteiger partial charge in [-0.2, -0.15) is 9.50 Å². The normalized spacial score (nSPS) is 12.3. The highest BCUT2D eigenvalue weighted by molar-refractivity contribution is 7.15. The summed E-state index contributed by atoms with van der Waals surface area (Å²) in [6.45, 7) is 10.1. The van der Waals surface area contributed by atoms with Crippen LogP contribution in [0.3, 0.4) is 0 Å². The van der Waals surface area contributed by atoms with E-state index in [1.807, 2.05) is 19.1 Å². The van der Waals surface area contributed by atoms with E-state index in [1.54, 1.807) is 24.3 Å². The van der Waals surface area contributed by atoms with Crippen molar-refractivity contribution in [1.29, 1.82) is 0 Å². The molecule has 0 radical (unpaired) electrons. The van der Waals surface area contributed by atoms with Crippen LogP contribution < -0.4 is 19.6 Å². The molecule has 0 aliphatic carbocycles. The van der Waals surface area contributed by atoms with Crippen molar-refractivity contribution in [2.75, 3.05) is 6.61 Å². The van der Waals surface area contributed by atoms with Gasteiger partial charge >= 0.3 is 5.97 Å². The van der Waals surface area contributed by atoms with Crippen molar-refractivity contribution in [3.8, 4) is 22.9 Å². The fraction of sp³-hybridized carbons (Fsp3) is 0.280. The van der Waals surface area contributed by atoms with E-state index in [0.29, 0.717) is 33.4 Å². The van der Waals surface area contributed by atoms with E-state index < -0.39 is 5.97 Å². The van der Waals surface area contributed by atoms with E-state index in [9.17, 15) is 9.59 Å². The Morgan fingerprint density at radius 2 is 1.85 bits per heavy atom. The van der Waals surface area contributed by atoms with E-state index in [-0.39, 0.29) is 11.0 Å². The van der Waals surface area contributed by atoms with Gasteiger partial charge in [0.15, 0.2) is 17.3 Å².